The molecule has 1 unspecified atom stereocenters. The third-order valence-corrected chi connectivity index (χ3v) is 3.80. The van der Waals surface area contributed by atoms with Crippen molar-refractivity contribution in [3.8, 4) is 0 Å². The summed E-state index contributed by atoms with van der Waals surface area (Å²) in [4.78, 5) is 0. The van der Waals surface area contributed by atoms with Gasteiger partial charge < -0.3 is 9.84 Å². The van der Waals surface area contributed by atoms with Crippen molar-refractivity contribution in [2.24, 2.45) is 0 Å². The van der Waals surface area contributed by atoms with E-state index < -0.39 is 35.3 Å². The molecule has 4 nitrogen and oxygen atoms in total. The molecule has 0 spiro atoms. The second kappa shape index (κ2) is 7.17. The Hall–Kier alpha value is -0.340. The SMILES string of the molecule is CCS(=O)(=O)CCCC(O)COCC(F)(F)F. The summed E-state index contributed by atoms with van der Waals surface area (Å²) >= 11 is 0. The highest BCUT2D eigenvalue weighted by Gasteiger charge is 2.27. The van der Waals surface area contributed by atoms with E-state index in [9.17, 15) is 26.7 Å². The first-order valence-electron chi connectivity index (χ1n) is 5.19. The zero-order chi connectivity index (χ0) is 13.5. The summed E-state index contributed by atoms with van der Waals surface area (Å²) in [7, 11) is -3.09. The Morgan fingerprint density at radius 2 is 1.94 bits per heavy atom. The maximum Gasteiger partial charge on any atom is 0.411 e. The van der Waals surface area contributed by atoms with E-state index in [1.54, 1.807) is 0 Å². The third kappa shape index (κ3) is 10.5. The Balaban J connectivity index is 3.64. The fourth-order valence-electron chi connectivity index (χ4n) is 1.08. The average molecular weight is 278 g/mol. The number of halogens is 3. The number of sulfone groups is 1. The molecule has 0 aromatic rings. The molecule has 1 N–H and O–H groups in total. The van der Waals surface area contributed by atoms with Crippen LogP contribution in [0.5, 0.6) is 0 Å². The predicted octanol–water partition coefficient (Wildman–Crippen LogP) is 1.14. The molecule has 0 aliphatic carbocycles. The van der Waals surface area contributed by atoms with E-state index in [0.29, 0.717) is 0 Å². The van der Waals surface area contributed by atoms with Gasteiger partial charge in [-0.25, -0.2) is 8.42 Å². The molecule has 0 bridgehead atoms. The molecule has 0 radical (unpaired) electrons. The van der Waals surface area contributed by atoms with Crippen molar-refractivity contribution in [2.75, 3.05) is 24.7 Å². The molecular formula is C9H17F3O4S. The van der Waals surface area contributed by atoms with Crippen LogP contribution in [0.2, 0.25) is 0 Å². The third-order valence-electron chi connectivity index (χ3n) is 2.01. The standard InChI is InChI=1S/C9H17F3O4S/c1-2-17(14,15)5-3-4-8(13)6-16-7-9(10,11)12/h8,13H,2-7H2,1H3. The Labute approximate surface area is 98.7 Å². The lowest BCUT2D eigenvalue weighted by Crippen LogP contribution is -2.23. The minimum atomic E-state index is -4.41. The lowest BCUT2D eigenvalue weighted by molar-refractivity contribution is -0.179. The van der Waals surface area contributed by atoms with Gasteiger partial charge in [-0.05, 0) is 12.8 Å². The Morgan fingerprint density at radius 1 is 1.35 bits per heavy atom. The van der Waals surface area contributed by atoms with Crippen molar-refractivity contribution in [2.45, 2.75) is 32.0 Å². The van der Waals surface area contributed by atoms with Crippen molar-refractivity contribution in [3.05, 3.63) is 0 Å². The average Bonchev–Trinajstić information content (AvgIpc) is 2.15. The van der Waals surface area contributed by atoms with Crippen molar-refractivity contribution in [1.82, 2.24) is 0 Å². The molecule has 0 aromatic carbocycles. The van der Waals surface area contributed by atoms with Crippen molar-refractivity contribution < 1.29 is 31.4 Å². The highest BCUT2D eigenvalue weighted by atomic mass is 32.2. The van der Waals surface area contributed by atoms with Gasteiger partial charge in [0.25, 0.3) is 0 Å². The lowest BCUT2D eigenvalue weighted by atomic mass is 10.2. The Bertz CT molecular complexity index is 300. The smallest absolute Gasteiger partial charge is 0.391 e. The Morgan fingerprint density at radius 3 is 2.41 bits per heavy atom. The number of aliphatic hydroxyl groups excluding tert-OH is 1. The summed E-state index contributed by atoms with van der Waals surface area (Å²) in [5.74, 6) is -0.0481. The molecule has 0 aliphatic heterocycles. The molecule has 0 aliphatic rings. The summed E-state index contributed by atoms with van der Waals surface area (Å²) in [6.45, 7) is -0.332. The van der Waals surface area contributed by atoms with Gasteiger partial charge in [0.2, 0.25) is 0 Å². The van der Waals surface area contributed by atoms with Gasteiger partial charge in [0, 0.05) is 5.75 Å². The molecule has 0 aromatic heterocycles. The molecule has 17 heavy (non-hydrogen) atoms. The van der Waals surface area contributed by atoms with Gasteiger partial charge in [0.05, 0.1) is 18.5 Å². The first-order valence-corrected chi connectivity index (χ1v) is 7.01. The molecule has 8 heteroatoms. The van der Waals surface area contributed by atoms with Gasteiger partial charge in [0.1, 0.15) is 16.4 Å². The van der Waals surface area contributed by atoms with Gasteiger partial charge in [-0.2, -0.15) is 13.2 Å². The van der Waals surface area contributed by atoms with Crippen molar-refractivity contribution in [3.63, 3.8) is 0 Å². The molecule has 0 rings (SSSR count). The minimum Gasteiger partial charge on any atom is -0.391 e. The highest BCUT2D eigenvalue weighted by molar-refractivity contribution is 7.91. The number of aliphatic hydroxyl groups is 1. The zero-order valence-electron chi connectivity index (χ0n) is 9.53. The molecular weight excluding hydrogens is 261 g/mol. The van der Waals surface area contributed by atoms with Gasteiger partial charge >= 0.3 is 6.18 Å². The molecule has 0 fully saturated rings. The summed E-state index contributed by atoms with van der Waals surface area (Å²) in [6, 6.07) is 0. The van der Waals surface area contributed by atoms with E-state index in [4.69, 9.17) is 0 Å². The van der Waals surface area contributed by atoms with Crippen molar-refractivity contribution in [1.29, 1.82) is 0 Å². The van der Waals surface area contributed by atoms with E-state index in [1.165, 1.54) is 6.92 Å². The van der Waals surface area contributed by atoms with Crippen LogP contribution in [0.3, 0.4) is 0 Å². The Kier molecular flexibility index (Phi) is 7.03. The summed E-state index contributed by atoms with van der Waals surface area (Å²) in [6.07, 6.45) is -5.15. The van der Waals surface area contributed by atoms with Crippen LogP contribution >= 0.6 is 0 Å². The number of rotatable bonds is 8. The van der Waals surface area contributed by atoms with Gasteiger partial charge in [0.15, 0.2) is 0 Å². The molecule has 0 amide bonds. The molecule has 1 atom stereocenters. The zero-order valence-corrected chi connectivity index (χ0v) is 10.4. The van der Waals surface area contributed by atoms with E-state index in [1.807, 2.05) is 0 Å². The van der Waals surface area contributed by atoms with Crippen LogP contribution in [0.4, 0.5) is 13.2 Å². The van der Waals surface area contributed by atoms with Crippen LogP contribution in [0, 0.1) is 0 Å². The monoisotopic (exact) mass is 278 g/mol. The van der Waals surface area contributed by atoms with Crippen LogP contribution in [0.15, 0.2) is 0 Å². The largest absolute Gasteiger partial charge is 0.411 e. The highest BCUT2D eigenvalue weighted by Crippen LogP contribution is 2.14. The van der Waals surface area contributed by atoms with Crippen LogP contribution in [0.1, 0.15) is 19.8 Å². The summed E-state index contributed by atoms with van der Waals surface area (Å²) in [5.41, 5.74) is 0. The fourth-order valence-corrected chi connectivity index (χ4v) is 1.97. The van der Waals surface area contributed by atoms with E-state index in [-0.39, 0.29) is 24.3 Å². The second-order valence-corrected chi connectivity index (χ2v) is 6.14. The lowest BCUT2D eigenvalue weighted by Gasteiger charge is -2.12. The van der Waals surface area contributed by atoms with Crippen LogP contribution in [-0.4, -0.2) is 50.5 Å². The second-order valence-electron chi connectivity index (χ2n) is 3.66. The van der Waals surface area contributed by atoms with Crippen LogP contribution < -0.4 is 0 Å². The maximum atomic E-state index is 11.7. The fraction of sp³-hybridized carbons (Fsp3) is 1.00. The summed E-state index contributed by atoms with van der Waals surface area (Å²) in [5, 5.41) is 9.23. The first kappa shape index (κ1) is 16.7. The van der Waals surface area contributed by atoms with E-state index in [2.05, 4.69) is 4.74 Å². The topological polar surface area (TPSA) is 63.6 Å². The molecule has 0 saturated carbocycles. The van der Waals surface area contributed by atoms with Crippen LogP contribution in [-0.2, 0) is 14.6 Å². The van der Waals surface area contributed by atoms with Gasteiger partial charge in [-0.15, -0.1) is 0 Å². The number of alkyl halides is 3. The van der Waals surface area contributed by atoms with E-state index in [0.717, 1.165) is 0 Å². The molecule has 0 saturated heterocycles. The van der Waals surface area contributed by atoms with Crippen molar-refractivity contribution >= 4 is 9.84 Å². The predicted molar refractivity (Wildman–Crippen MR) is 56.4 cm³/mol. The van der Waals surface area contributed by atoms with Crippen LogP contribution in [0.25, 0.3) is 0 Å². The summed E-state index contributed by atoms with van der Waals surface area (Å²) < 4.78 is 61.4. The number of ether oxygens (including phenoxy) is 1. The van der Waals surface area contributed by atoms with Gasteiger partial charge in [-0.1, -0.05) is 6.92 Å². The number of hydrogen-bond donors (Lipinski definition) is 1. The molecule has 0 heterocycles. The first-order chi connectivity index (χ1) is 7.66. The quantitative estimate of drug-likeness (QED) is 0.723. The number of hydrogen-bond acceptors (Lipinski definition) is 4. The normalized spacial score (nSPS) is 14.9. The van der Waals surface area contributed by atoms with E-state index >= 15 is 0 Å². The maximum absolute atomic E-state index is 11.7. The van der Waals surface area contributed by atoms with Gasteiger partial charge in [-0.3, -0.25) is 0 Å². The minimum absolute atomic E-state index is 0.0215. The molecule has 104 valence electrons.